The van der Waals surface area contributed by atoms with E-state index in [0.29, 0.717) is 25.7 Å². The minimum absolute atomic E-state index is 0.0312. The molecule has 60 heavy (non-hydrogen) atoms. The van der Waals surface area contributed by atoms with Gasteiger partial charge in [0.15, 0.2) is 0 Å². The van der Waals surface area contributed by atoms with E-state index in [2.05, 4.69) is 26.6 Å². The average Bonchev–Trinajstić information content (AvgIpc) is 3.89. The summed E-state index contributed by atoms with van der Waals surface area (Å²) >= 11 is 0. The third kappa shape index (κ3) is 14.9. The van der Waals surface area contributed by atoms with Crippen LogP contribution in [0.1, 0.15) is 91.5 Å². The molecule has 1 aromatic carbocycles. The summed E-state index contributed by atoms with van der Waals surface area (Å²) in [5, 5.41) is 22.9. The van der Waals surface area contributed by atoms with Crippen molar-refractivity contribution in [1.29, 1.82) is 0 Å². The molecule has 19 heteroatoms. The van der Waals surface area contributed by atoms with E-state index in [1.807, 2.05) is 27.7 Å². The van der Waals surface area contributed by atoms with Crippen molar-refractivity contribution in [2.45, 2.75) is 135 Å². The molecule has 2 aliphatic heterocycles. The van der Waals surface area contributed by atoms with Crippen LogP contribution in [0.3, 0.4) is 0 Å². The molecule has 7 atom stereocenters. The topological polar surface area (TPSA) is 293 Å². The number of aliphatic carboxylic acids is 1. The number of rotatable bonds is 22. The number of carboxylic acid groups (broad SMARTS) is 1. The Morgan fingerprint density at radius 2 is 1.27 bits per heavy atom. The molecular weight excluding hydrogens is 779 g/mol. The van der Waals surface area contributed by atoms with Crippen LogP contribution in [0.25, 0.3) is 0 Å². The van der Waals surface area contributed by atoms with Crippen LogP contribution in [-0.4, -0.2) is 130 Å². The Labute approximate surface area is 350 Å². The Morgan fingerprint density at radius 3 is 1.82 bits per heavy atom. The van der Waals surface area contributed by atoms with E-state index in [-0.39, 0.29) is 57.0 Å². The van der Waals surface area contributed by atoms with Crippen LogP contribution in [0.2, 0.25) is 0 Å². The van der Waals surface area contributed by atoms with Crippen LogP contribution in [-0.2, 0) is 49.6 Å². The number of hydrogen-bond donors (Lipinski definition) is 8. The van der Waals surface area contributed by atoms with Crippen molar-refractivity contribution in [3.05, 3.63) is 35.9 Å². The van der Waals surface area contributed by atoms with E-state index in [4.69, 9.17) is 11.5 Å². The summed E-state index contributed by atoms with van der Waals surface area (Å²) in [6.07, 6.45) is 2.09. The molecule has 0 aliphatic carbocycles. The van der Waals surface area contributed by atoms with Crippen LogP contribution in [0, 0.1) is 11.8 Å². The molecular formula is C41H63N9O10. The van der Waals surface area contributed by atoms with Gasteiger partial charge in [0.05, 0.1) is 12.6 Å². The van der Waals surface area contributed by atoms with Crippen molar-refractivity contribution >= 4 is 53.2 Å². The van der Waals surface area contributed by atoms with Gasteiger partial charge in [0, 0.05) is 25.9 Å². The predicted molar refractivity (Wildman–Crippen MR) is 219 cm³/mol. The average molecular weight is 842 g/mol. The molecule has 332 valence electrons. The van der Waals surface area contributed by atoms with E-state index >= 15 is 0 Å². The predicted octanol–water partition coefficient (Wildman–Crippen LogP) is -0.944. The fraction of sp³-hybridized carbons (Fsp3) is 0.634. The molecule has 0 saturated carbocycles. The van der Waals surface area contributed by atoms with Gasteiger partial charge in [-0.3, -0.25) is 38.4 Å². The SMILES string of the molecule is CC(C)C[C@H](NC(=O)CNC(=O)[C@H](C)NC(=O)[C@@H]1CCCN1C(=O)[C@@H](N)CCC(N)=O)C(=O)N[C@@H](CC(C)C)C(=O)N1CCC[C@H]1C(=O)N[C@@H](Cc1ccccc1)C(=O)O. The summed E-state index contributed by atoms with van der Waals surface area (Å²) in [6.45, 7) is 8.81. The number of amides is 8. The van der Waals surface area contributed by atoms with Gasteiger partial charge in [0.2, 0.25) is 47.3 Å². The van der Waals surface area contributed by atoms with Crippen LogP contribution in [0.15, 0.2) is 30.3 Å². The maximum absolute atomic E-state index is 14.1. The zero-order chi connectivity index (χ0) is 44.7. The molecule has 3 rings (SSSR count). The molecule has 2 aliphatic rings. The van der Waals surface area contributed by atoms with Crippen LogP contribution in [0.4, 0.5) is 0 Å². The zero-order valence-corrected chi connectivity index (χ0v) is 35.2. The second-order valence-corrected chi connectivity index (χ2v) is 16.5. The number of nitrogens with one attached hydrogen (secondary N) is 5. The highest BCUT2D eigenvalue weighted by Gasteiger charge is 2.40. The van der Waals surface area contributed by atoms with Gasteiger partial charge in [-0.2, -0.15) is 0 Å². The van der Waals surface area contributed by atoms with Crippen molar-refractivity contribution < 1.29 is 48.3 Å². The lowest BCUT2D eigenvalue weighted by molar-refractivity contribution is -0.145. The molecule has 0 radical (unpaired) electrons. The molecule has 0 aromatic heterocycles. The van der Waals surface area contributed by atoms with E-state index in [0.717, 1.165) is 5.56 Å². The Morgan fingerprint density at radius 1 is 0.717 bits per heavy atom. The quantitative estimate of drug-likeness (QED) is 0.0705. The molecule has 2 saturated heterocycles. The largest absolute Gasteiger partial charge is 0.480 e. The van der Waals surface area contributed by atoms with Gasteiger partial charge >= 0.3 is 5.97 Å². The molecule has 8 amide bonds. The normalized spacial score (nSPS) is 18.8. The Kier molecular flexibility index (Phi) is 18.9. The van der Waals surface area contributed by atoms with Gasteiger partial charge in [0.25, 0.3) is 0 Å². The first kappa shape index (κ1) is 48.8. The second kappa shape index (κ2) is 23.3. The van der Waals surface area contributed by atoms with Gasteiger partial charge in [-0.15, -0.1) is 0 Å². The lowest BCUT2D eigenvalue weighted by Gasteiger charge is -2.31. The zero-order valence-electron chi connectivity index (χ0n) is 35.2. The number of nitrogens with two attached hydrogens (primary N) is 2. The van der Waals surface area contributed by atoms with E-state index < -0.39 is 102 Å². The lowest BCUT2D eigenvalue weighted by Crippen LogP contribution is -2.58. The van der Waals surface area contributed by atoms with Crippen molar-refractivity contribution in [1.82, 2.24) is 36.4 Å². The first-order valence-corrected chi connectivity index (χ1v) is 20.7. The Bertz CT molecular complexity index is 1710. The smallest absolute Gasteiger partial charge is 0.326 e. The summed E-state index contributed by atoms with van der Waals surface area (Å²) in [5.41, 5.74) is 11.8. The number of carboxylic acids is 1. The maximum Gasteiger partial charge on any atom is 0.326 e. The Balaban J connectivity index is 1.60. The lowest BCUT2D eigenvalue weighted by atomic mass is 9.99. The number of carbonyl (C=O) groups excluding carboxylic acids is 8. The highest BCUT2D eigenvalue weighted by atomic mass is 16.4. The number of benzene rings is 1. The van der Waals surface area contributed by atoms with E-state index in [9.17, 15) is 48.3 Å². The van der Waals surface area contributed by atoms with Crippen LogP contribution in [0.5, 0.6) is 0 Å². The first-order valence-electron chi connectivity index (χ1n) is 20.7. The fourth-order valence-corrected chi connectivity index (χ4v) is 7.37. The molecule has 2 fully saturated rings. The Hall–Kier alpha value is -5.59. The fourth-order valence-electron chi connectivity index (χ4n) is 7.37. The number of carbonyl (C=O) groups is 9. The monoisotopic (exact) mass is 841 g/mol. The summed E-state index contributed by atoms with van der Waals surface area (Å²) in [7, 11) is 0. The highest BCUT2D eigenvalue weighted by molar-refractivity contribution is 5.97. The summed E-state index contributed by atoms with van der Waals surface area (Å²) < 4.78 is 0. The van der Waals surface area contributed by atoms with Gasteiger partial charge in [-0.05, 0) is 69.3 Å². The maximum atomic E-state index is 14.1. The number of hydrogen-bond acceptors (Lipinski definition) is 10. The van der Waals surface area contributed by atoms with Gasteiger partial charge in [-0.1, -0.05) is 58.0 Å². The molecule has 0 unspecified atom stereocenters. The number of primary amides is 1. The standard InChI is InChI=1S/C41H63N9O10/c1-23(2)19-28(46-34(52)22-44-35(53)25(5)45-37(55)31-13-9-17-49(31)39(57)27(42)15-16-33(43)51)36(54)47-29(20-24(3)4)40(58)50-18-10-14-32(50)38(56)48-30(41(59)60)21-26-11-7-6-8-12-26/h6-8,11-12,23-25,27-32H,9-10,13-22,42H2,1-5H3,(H2,43,51)(H,44,53)(H,45,55)(H,46,52)(H,47,54)(H,48,56)(H,59,60)/t25-,27-,28-,29-,30-,31-,32-/m0/s1. The summed E-state index contributed by atoms with van der Waals surface area (Å²) in [5.74, 6) is -6.17. The molecule has 0 bridgehead atoms. The van der Waals surface area contributed by atoms with E-state index in [1.165, 1.54) is 16.7 Å². The minimum atomic E-state index is -1.22. The molecule has 0 spiro atoms. The molecule has 19 nitrogen and oxygen atoms in total. The number of likely N-dealkylation sites (tertiary alicyclic amines) is 2. The van der Waals surface area contributed by atoms with Crippen molar-refractivity contribution in [3.63, 3.8) is 0 Å². The van der Waals surface area contributed by atoms with Crippen molar-refractivity contribution in [2.75, 3.05) is 19.6 Å². The third-order valence-corrected chi connectivity index (χ3v) is 10.4. The second-order valence-electron chi connectivity index (χ2n) is 16.5. The summed E-state index contributed by atoms with van der Waals surface area (Å²) in [6, 6.07) is 1.55. The van der Waals surface area contributed by atoms with E-state index in [1.54, 1.807) is 30.3 Å². The molecule has 10 N–H and O–H groups in total. The van der Waals surface area contributed by atoms with Crippen LogP contribution < -0.4 is 38.1 Å². The van der Waals surface area contributed by atoms with Crippen molar-refractivity contribution in [3.8, 4) is 0 Å². The number of nitrogens with zero attached hydrogens (tertiary/aromatic N) is 2. The van der Waals surface area contributed by atoms with Gasteiger partial charge in [-0.25, -0.2) is 4.79 Å². The summed E-state index contributed by atoms with van der Waals surface area (Å²) in [4.78, 5) is 119. The van der Waals surface area contributed by atoms with Gasteiger partial charge in [0.1, 0.15) is 36.3 Å². The minimum Gasteiger partial charge on any atom is -0.480 e. The highest BCUT2D eigenvalue weighted by Crippen LogP contribution is 2.22. The van der Waals surface area contributed by atoms with Crippen molar-refractivity contribution in [2.24, 2.45) is 23.3 Å². The molecule has 1 aromatic rings. The molecule has 2 heterocycles. The first-order chi connectivity index (χ1) is 28.3. The third-order valence-electron chi connectivity index (χ3n) is 10.4. The van der Waals surface area contributed by atoms with Gasteiger partial charge < -0.3 is 53.0 Å². The van der Waals surface area contributed by atoms with Crippen LogP contribution >= 0.6 is 0 Å².